The smallest absolute Gasteiger partial charge is 0.339 e. The molecular weight excluding hydrogens is 256 g/mol. The molecule has 4 nitrogen and oxygen atoms in total. The van der Waals surface area contributed by atoms with Gasteiger partial charge in [-0.3, -0.25) is 0 Å². The van der Waals surface area contributed by atoms with E-state index < -0.39 is 11.9 Å². The van der Waals surface area contributed by atoms with Crippen LogP contribution in [0.15, 0.2) is 24.3 Å². The molecule has 4 heteroatoms. The molecule has 0 amide bonds. The van der Waals surface area contributed by atoms with Crippen LogP contribution in [0, 0.1) is 13.8 Å². The van der Waals surface area contributed by atoms with Crippen LogP contribution in [0.4, 0.5) is 0 Å². The van der Waals surface area contributed by atoms with E-state index in [1.165, 1.54) is 14.2 Å². The van der Waals surface area contributed by atoms with E-state index in [-0.39, 0.29) is 11.1 Å². The first kappa shape index (κ1) is 14.1. The first-order chi connectivity index (χ1) is 9.52. The summed E-state index contributed by atoms with van der Waals surface area (Å²) in [5.41, 5.74) is 1.99. The van der Waals surface area contributed by atoms with Gasteiger partial charge in [-0.2, -0.15) is 0 Å². The largest absolute Gasteiger partial charge is 0.465 e. The van der Waals surface area contributed by atoms with Crippen molar-refractivity contribution in [1.82, 2.24) is 0 Å². The fourth-order valence-corrected chi connectivity index (χ4v) is 2.50. The minimum Gasteiger partial charge on any atom is -0.465 e. The lowest BCUT2D eigenvalue weighted by Crippen LogP contribution is -2.16. The highest BCUT2D eigenvalue weighted by molar-refractivity contribution is 6.11. The number of rotatable bonds is 2. The summed E-state index contributed by atoms with van der Waals surface area (Å²) in [6, 6.07) is 7.64. The van der Waals surface area contributed by atoms with Crippen LogP contribution in [0.3, 0.4) is 0 Å². The van der Waals surface area contributed by atoms with E-state index in [1.54, 1.807) is 13.8 Å². The molecule has 0 radical (unpaired) electrons. The zero-order valence-corrected chi connectivity index (χ0v) is 11.9. The van der Waals surface area contributed by atoms with E-state index in [0.717, 1.165) is 21.9 Å². The molecule has 0 aliphatic carbocycles. The second-order valence-electron chi connectivity index (χ2n) is 4.53. The second-order valence-corrected chi connectivity index (χ2v) is 4.53. The van der Waals surface area contributed by atoms with Gasteiger partial charge in [0, 0.05) is 0 Å². The van der Waals surface area contributed by atoms with Crippen LogP contribution in [0.1, 0.15) is 31.8 Å². The molecule has 0 aromatic heterocycles. The molecule has 0 saturated heterocycles. The van der Waals surface area contributed by atoms with E-state index in [1.807, 2.05) is 24.3 Å². The van der Waals surface area contributed by atoms with Crippen LogP contribution in [-0.2, 0) is 9.47 Å². The number of methoxy groups -OCH3 is 2. The lowest BCUT2D eigenvalue weighted by atomic mass is 9.90. The molecule has 2 aromatic rings. The maximum absolute atomic E-state index is 12.0. The van der Waals surface area contributed by atoms with Gasteiger partial charge >= 0.3 is 11.9 Å². The highest BCUT2D eigenvalue weighted by Gasteiger charge is 2.25. The molecular formula is C16H16O4. The van der Waals surface area contributed by atoms with Gasteiger partial charge < -0.3 is 9.47 Å². The second kappa shape index (κ2) is 5.33. The summed E-state index contributed by atoms with van der Waals surface area (Å²) in [6.07, 6.45) is 0. The summed E-state index contributed by atoms with van der Waals surface area (Å²) in [5, 5.41) is 1.86. The summed E-state index contributed by atoms with van der Waals surface area (Å²) in [5.74, 6) is -1.06. The first-order valence-corrected chi connectivity index (χ1v) is 6.21. The van der Waals surface area contributed by atoms with Crippen LogP contribution in [0.25, 0.3) is 10.8 Å². The van der Waals surface area contributed by atoms with Crippen LogP contribution < -0.4 is 0 Å². The minimum absolute atomic E-state index is 0.274. The SMILES string of the molecule is COC(=O)c1c(C(=O)OC)c(C)c2ccccc2c1C. The van der Waals surface area contributed by atoms with Crippen molar-refractivity contribution in [3.63, 3.8) is 0 Å². The zero-order chi connectivity index (χ0) is 14.9. The topological polar surface area (TPSA) is 52.6 Å². The highest BCUT2D eigenvalue weighted by atomic mass is 16.5. The Labute approximate surface area is 117 Å². The highest BCUT2D eigenvalue weighted by Crippen LogP contribution is 2.30. The van der Waals surface area contributed by atoms with Gasteiger partial charge in [0.05, 0.1) is 25.3 Å². The van der Waals surface area contributed by atoms with Gasteiger partial charge in [0.1, 0.15) is 0 Å². The van der Waals surface area contributed by atoms with Crippen molar-refractivity contribution >= 4 is 22.7 Å². The lowest BCUT2D eigenvalue weighted by Gasteiger charge is -2.16. The van der Waals surface area contributed by atoms with Gasteiger partial charge in [-0.25, -0.2) is 9.59 Å². The molecule has 0 atom stereocenters. The van der Waals surface area contributed by atoms with Gasteiger partial charge in [-0.1, -0.05) is 24.3 Å². The molecule has 0 aliphatic heterocycles. The summed E-state index contributed by atoms with van der Waals surface area (Å²) in [7, 11) is 2.60. The van der Waals surface area contributed by atoms with Crippen molar-refractivity contribution in [2.24, 2.45) is 0 Å². The van der Waals surface area contributed by atoms with Crippen molar-refractivity contribution < 1.29 is 19.1 Å². The fraction of sp³-hybridized carbons (Fsp3) is 0.250. The van der Waals surface area contributed by atoms with E-state index in [4.69, 9.17) is 9.47 Å². The number of ether oxygens (including phenoxy) is 2. The molecule has 0 spiro atoms. The Kier molecular flexibility index (Phi) is 3.74. The number of hydrogen-bond donors (Lipinski definition) is 0. The molecule has 104 valence electrons. The summed E-state index contributed by atoms with van der Waals surface area (Å²) in [6.45, 7) is 3.61. The predicted molar refractivity (Wildman–Crippen MR) is 76.1 cm³/mol. The zero-order valence-electron chi connectivity index (χ0n) is 11.9. The molecule has 0 heterocycles. The van der Waals surface area contributed by atoms with Crippen molar-refractivity contribution in [2.75, 3.05) is 14.2 Å². The van der Waals surface area contributed by atoms with Crippen LogP contribution in [-0.4, -0.2) is 26.2 Å². The molecule has 0 fully saturated rings. The third-order valence-corrected chi connectivity index (χ3v) is 3.51. The summed E-state index contributed by atoms with van der Waals surface area (Å²) < 4.78 is 9.62. The van der Waals surface area contributed by atoms with Crippen molar-refractivity contribution in [1.29, 1.82) is 0 Å². The number of hydrogen-bond acceptors (Lipinski definition) is 4. The summed E-state index contributed by atoms with van der Waals surface area (Å²) >= 11 is 0. The Morgan fingerprint density at radius 1 is 0.800 bits per heavy atom. The van der Waals surface area contributed by atoms with Crippen molar-refractivity contribution in [3.05, 3.63) is 46.5 Å². The molecule has 0 bridgehead atoms. The Bertz CT molecular complexity index is 641. The first-order valence-electron chi connectivity index (χ1n) is 6.21. The third kappa shape index (κ3) is 2.03. The quantitative estimate of drug-likeness (QED) is 0.788. The van der Waals surface area contributed by atoms with Crippen molar-refractivity contribution in [3.8, 4) is 0 Å². The van der Waals surface area contributed by atoms with Crippen LogP contribution in [0.2, 0.25) is 0 Å². The van der Waals surface area contributed by atoms with E-state index in [9.17, 15) is 9.59 Å². The average molecular weight is 272 g/mol. The van der Waals surface area contributed by atoms with E-state index >= 15 is 0 Å². The Morgan fingerprint density at radius 3 is 1.45 bits per heavy atom. The van der Waals surface area contributed by atoms with Gasteiger partial charge in [0.2, 0.25) is 0 Å². The fourth-order valence-electron chi connectivity index (χ4n) is 2.50. The Balaban J connectivity index is 2.96. The maximum Gasteiger partial charge on any atom is 0.339 e. The van der Waals surface area contributed by atoms with Crippen LogP contribution >= 0.6 is 0 Å². The molecule has 0 saturated carbocycles. The van der Waals surface area contributed by atoms with Gasteiger partial charge in [-0.05, 0) is 35.7 Å². The standard InChI is InChI=1S/C16H16O4/c1-9-11-7-5-6-8-12(11)10(2)14(16(18)20-4)13(9)15(17)19-3/h5-8H,1-4H3. The molecule has 0 N–H and O–H groups in total. The number of carbonyl (C=O) groups is 2. The molecule has 0 aliphatic rings. The molecule has 2 rings (SSSR count). The number of carbonyl (C=O) groups excluding carboxylic acids is 2. The van der Waals surface area contributed by atoms with E-state index in [0.29, 0.717) is 0 Å². The minimum atomic E-state index is -0.531. The maximum atomic E-state index is 12.0. The third-order valence-electron chi connectivity index (χ3n) is 3.51. The Hall–Kier alpha value is -2.36. The summed E-state index contributed by atoms with van der Waals surface area (Å²) in [4.78, 5) is 24.1. The predicted octanol–water partition coefficient (Wildman–Crippen LogP) is 3.03. The number of esters is 2. The van der Waals surface area contributed by atoms with E-state index in [2.05, 4.69) is 0 Å². The average Bonchev–Trinajstić information content (AvgIpc) is 2.49. The number of aryl methyl sites for hydroxylation is 2. The number of fused-ring (bicyclic) bond motifs is 1. The van der Waals surface area contributed by atoms with Gasteiger partial charge in [-0.15, -0.1) is 0 Å². The lowest BCUT2D eigenvalue weighted by molar-refractivity contribution is 0.0554. The van der Waals surface area contributed by atoms with Crippen LogP contribution in [0.5, 0.6) is 0 Å². The van der Waals surface area contributed by atoms with Crippen molar-refractivity contribution in [2.45, 2.75) is 13.8 Å². The normalized spacial score (nSPS) is 10.4. The Morgan fingerprint density at radius 2 is 1.15 bits per heavy atom. The monoisotopic (exact) mass is 272 g/mol. The molecule has 0 unspecified atom stereocenters. The van der Waals surface area contributed by atoms with Gasteiger partial charge in [0.15, 0.2) is 0 Å². The molecule has 20 heavy (non-hydrogen) atoms. The van der Waals surface area contributed by atoms with Gasteiger partial charge in [0.25, 0.3) is 0 Å². The number of benzene rings is 2. The molecule has 2 aromatic carbocycles.